The molecule has 0 fully saturated rings. The molecule has 0 aliphatic carbocycles. The lowest BCUT2D eigenvalue weighted by atomic mass is 10.2. The van der Waals surface area contributed by atoms with Crippen LogP contribution in [0.4, 0.5) is 5.69 Å². The molecule has 0 radical (unpaired) electrons. The summed E-state index contributed by atoms with van der Waals surface area (Å²) in [5, 5.41) is 3.16. The van der Waals surface area contributed by atoms with Crippen LogP contribution >= 0.6 is 22.9 Å². The predicted molar refractivity (Wildman–Crippen MR) is 81.9 cm³/mol. The van der Waals surface area contributed by atoms with E-state index in [0.29, 0.717) is 16.6 Å². The van der Waals surface area contributed by atoms with Gasteiger partial charge in [0.25, 0.3) is 0 Å². The molecule has 2 N–H and O–H groups in total. The number of hydrogen-bond donors (Lipinski definition) is 2. The molecule has 8 heteroatoms. The van der Waals surface area contributed by atoms with Gasteiger partial charge in [-0.25, -0.2) is 18.1 Å². The quantitative estimate of drug-likeness (QED) is 0.883. The second-order valence-electron chi connectivity index (χ2n) is 4.12. The minimum absolute atomic E-state index is 0.271. The third-order valence-corrected chi connectivity index (χ3v) is 5.41. The summed E-state index contributed by atoms with van der Waals surface area (Å²) < 4.78 is 26.6. The van der Waals surface area contributed by atoms with Crippen LogP contribution in [0.2, 0.25) is 4.47 Å². The monoisotopic (exact) mass is 331 g/mol. The van der Waals surface area contributed by atoms with Gasteiger partial charge in [0, 0.05) is 16.8 Å². The van der Waals surface area contributed by atoms with Gasteiger partial charge in [-0.15, -0.1) is 11.3 Å². The van der Waals surface area contributed by atoms with Crippen molar-refractivity contribution in [2.24, 2.45) is 0 Å². The van der Waals surface area contributed by atoms with Crippen LogP contribution in [0.25, 0.3) is 0 Å². The van der Waals surface area contributed by atoms with Crippen molar-refractivity contribution in [2.45, 2.75) is 18.4 Å². The van der Waals surface area contributed by atoms with E-state index < -0.39 is 10.0 Å². The molecule has 0 saturated heterocycles. The average Bonchev–Trinajstić information content (AvgIpc) is 2.83. The molecule has 0 saturated carbocycles. The number of aromatic nitrogens is 1. The molecule has 2 rings (SSSR count). The van der Waals surface area contributed by atoms with E-state index >= 15 is 0 Å². The zero-order valence-electron chi connectivity index (χ0n) is 11.0. The third-order valence-electron chi connectivity index (χ3n) is 2.74. The number of hydrogen-bond acceptors (Lipinski definition) is 5. The van der Waals surface area contributed by atoms with E-state index in [4.69, 9.17) is 11.6 Å². The lowest BCUT2D eigenvalue weighted by Crippen LogP contribution is -2.19. The Hall–Kier alpha value is -1.15. The van der Waals surface area contributed by atoms with Crippen LogP contribution in [0, 0.1) is 6.92 Å². The average molecular weight is 332 g/mol. The molecule has 1 aromatic carbocycles. The Morgan fingerprint density at radius 3 is 2.75 bits per heavy atom. The SMILES string of the molecule is CNS(=O)(=O)c1cc(NCc2cnc(Cl)s2)ccc1C. The van der Waals surface area contributed by atoms with Crippen molar-refractivity contribution in [1.29, 1.82) is 0 Å². The van der Waals surface area contributed by atoms with Crippen LogP contribution in [0.15, 0.2) is 29.3 Å². The van der Waals surface area contributed by atoms with E-state index in [2.05, 4.69) is 15.0 Å². The molecule has 20 heavy (non-hydrogen) atoms. The molecule has 2 aromatic rings. The van der Waals surface area contributed by atoms with E-state index in [0.717, 1.165) is 10.6 Å². The molecular formula is C12H14ClN3O2S2. The van der Waals surface area contributed by atoms with Crippen LogP contribution in [-0.2, 0) is 16.6 Å². The zero-order chi connectivity index (χ0) is 14.8. The first-order valence-electron chi connectivity index (χ1n) is 5.80. The molecule has 0 unspecified atom stereocenters. The van der Waals surface area contributed by atoms with Crippen LogP contribution in [0.5, 0.6) is 0 Å². The van der Waals surface area contributed by atoms with E-state index in [1.54, 1.807) is 25.3 Å². The summed E-state index contributed by atoms with van der Waals surface area (Å²) in [6.07, 6.45) is 1.69. The minimum Gasteiger partial charge on any atom is -0.380 e. The Morgan fingerprint density at radius 2 is 2.15 bits per heavy atom. The third kappa shape index (κ3) is 3.49. The molecule has 1 heterocycles. The van der Waals surface area contributed by atoms with Gasteiger partial charge in [0.05, 0.1) is 11.4 Å². The lowest BCUT2D eigenvalue weighted by molar-refractivity contribution is 0.587. The zero-order valence-corrected chi connectivity index (χ0v) is 13.4. The van der Waals surface area contributed by atoms with Crippen molar-refractivity contribution in [3.63, 3.8) is 0 Å². The molecular weight excluding hydrogens is 318 g/mol. The summed E-state index contributed by atoms with van der Waals surface area (Å²) in [6, 6.07) is 5.22. The second-order valence-corrected chi connectivity index (χ2v) is 7.67. The Morgan fingerprint density at radius 1 is 1.40 bits per heavy atom. The van der Waals surface area contributed by atoms with Gasteiger partial charge < -0.3 is 5.32 Å². The largest absolute Gasteiger partial charge is 0.380 e. The lowest BCUT2D eigenvalue weighted by Gasteiger charge is -2.10. The number of anilines is 1. The van der Waals surface area contributed by atoms with Gasteiger partial charge in [0.2, 0.25) is 10.0 Å². The van der Waals surface area contributed by atoms with Crippen LogP contribution in [0.1, 0.15) is 10.4 Å². The highest BCUT2D eigenvalue weighted by molar-refractivity contribution is 7.89. The van der Waals surface area contributed by atoms with Crippen molar-refractivity contribution >= 4 is 38.6 Å². The highest BCUT2D eigenvalue weighted by Crippen LogP contribution is 2.22. The number of benzene rings is 1. The van der Waals surface area contributed by atoms with Gasteiger partial charge in [-0.2, -0.15) is 0 Å². The summed E-state index contributed by atoms with van der Waals surface area (Å²) in [4.78, 5) is 5.20. The molecule has 0 spiro atoms. The van der Waals surface area contributed by atoms with Gasteiger partial charge >= 0.3 is 0 Å². The predicted octanol–water partition coefficient (Wildman–Crippen LogP) is 2.63. The van der Waals surface area contributed by atoms with Crippen LogP contribution in [0.3, 0.4) is 0 Å². The normalized spacial score (nSPS) is 11.6. The summed E-state index contributed by atoms with van der Waals surface area (Å²) in [7, 11) is -2.05. The minimum atomic E-state index is -3.45. The topological polar surface area (TPSA) is 71.1 Å². The fraction of sp³-hybridized carbons (Fsp3) is 0.250. The molecule has 0 aliphatic heterocycles. The number of aryl methyl sites for hydroxylation is 1. The van der Waals surface area contributed by atoms with E-state index in [-0.39, 0.29) is 4.90 Å². The fourth-order valence-electron chi connectivity index (χ4n) is 1.66. The first kappa shape index (κ1) is 15.2. The van der Waals surface area contributed by atoms with Crippen LogP contribution in [-0.4, -0.2) is 20.4 Å². The van der Waals surface area contributed by atoms with Gasteiger partial charge in [-0.1, -0.05) is 17.7 Å². The molecule has 0 aliphatic rings. The molecule has 108 valence electrons. The summed E-state index contributed by atoms with van der Waals surface area (Å²) in [5.74, 6) is 0. The van der Waals surface area contributed by atoms with E-state index in [1.807, 2.05) is 6.07 Å². The van der Waals surface area contributed by atoms with Gasteiger partial charge in [0.15, 0.2) is 4.47 Å². The van der Waals surface area contributed by atoms with E-state index in [9.17, 15) is 8.42 Å². The smallest absolute Gasteiger partial charge is 0.240 e. The fourth-order valence-corrected chi connectivity index (χ4v) is 3.58. The molecule has 0 atom stereocenters. The molecule has 1 aromatic heterocycles. The second kappa shape index (κ2) is 6.09. The number of sulfonamides is 1. The Balaban J connectivity index is 2.19. The van der Waals surface area contributed by atoms with Crippen molar-refractivity contribution in [3.8, 4) is 0 Å². The standard InChI is InChI=1S/C12H14ClN3O2S2/c1-8-3-4-9(5-11(8)20(17,18)14-2)15-6-10-7-16-12(13)19-10/h3-5,7,14-15H,6H2,1-2H3. The van der Waals surface area contributed by atoms with E-state index in [1.165, 1.54) is 18.4 Å². The van der Waals surface area contributed by atoms with Crippen LogP contribution < -0.4 is 10.0 Å². The Bertz CT molecular complexity index is 713. The summed E-state index contributed by atoms with van der Waals surface area (Å²) in [5.41, 5.74) is 1.43. The maximum Gasteiger partial charge on any atom is 0.240 e. The Kier molecular flexibility index (Phi) is 4.64. The summed E-state index contributed by atoms with van der Waals surface area (Å²) >= 11 is 7.14. The van der Waals surface area contributed by atoms with Gasteiger partial charge in [-0.05, 0) is 31.7 Å². The van der Waals surface area contributed by atoms with Crippen molar-refractivity contribution in [2.75, 3.05) is 12.4 Å². The molecule has 0 bridgehead atoms. The first-order valence-corrected chi connectivity index (χ1v) is 8.48. The number of rotatable bonds is 5. The highest BCUT2D eigenvalue weighted by Gasteiger charge is 2.15. The number of nitrogens with one attached hydrogen (secondary N) is 2. The molecule has 5 nitrogen and oxygen atoms in total. The molecule has 0 amide bonds. The number of halogens is 1. The van der Waals surface area contributed by atoms with Crippen molar-refractivity contribution in [1.82, 2.24) is 9.71 Å². The Labute approximate surface area is 127 Å². The highest BCUT2D eigenvalue weighted by atomic mass is 35.5. The summed E-state index contributed by atoms with van der Waals surface area (Å²) in [6.45, 7) is 2.31. The first-order chi connectivity index (χ1) is 9.42. The van der Waals surface area contributed by atoms with Crippen molar-refractivity contribution < 1.29 is 8.42 Å². The maximum absolute atomic E-state index is 11.9. The van der Waals surface area contributed by atoms with Gasteiger partial charge in [0.1, 0.15) is 0 Å². The maximum atomic E-state index is 11.9. The number of thiazole rings is 1. The van der Waals surface area contributed by atoms with Crippen molar-refractivity contribution in [3.05, 3.63) is 39.3 Å². The number of nitrogens with zero attached hydrogens (tertiary/aromatic N) is 1. The van der Waals surface area contributed by atoms with Gasteiger partial charge in [-0.3, -0.25) is 0 Å².